The second-order valence-corrected chi connectivity index (χ2v) is 8.47. The molecular weight excluding hydrogens is 348 g/mol. The maximum Gasteiger partial charge on any atom is 0.240 e. The van der Waals surface area contributed by atoms with Crippen LogP contribution in [0, 0.1) is 11.8 Å². The van der Waals surface area contributed by atoms with Gasteiger partial charge in [-0.2, -0.15) is 0 Å². The highest BCUT2D eigenvalue weighted by Gasteiger charge is 2.27. The van der Waals surface area contributed by atoms with Crippen LogP contribution >= 0.6 is 11.8 Å². The van der Waals surface area contributed by atoms with Gasteiger partial charge in [-0.15, -0.1) is 0 Å². The molecule has 2 aliphatic rings. The number of hydrogen-bond donors (Lipinski definition) is 1. The highest BCUT2D eigenvalue weighted by molar-refractivity contribution is 8.00. The molecule has 0 aromatic carbocycles. The maximum atomic E-state index is 12.3. The zero-order chi connectivity index (χ0) is 18.5. The number of hydrogen-bond acceptors (Lipinski definition) is 5. The molecule has 3 heterocycles. The molecule has 1 fully saturated rings. The van der Waals surface area contributed by atoms with E-state index in [4.69, 9.17) is 0 Å². The Bertz CT molecular complexity index is 644. The fourth-order valence-corrected chi connectivity index (χ4v) is 4.80. The third-order valence-corrected chi connectivity index (χ3v) is 5.87. The molecule has 1 aromatic rings. The second-order valence-electron chi connectivity index (χ2n) is 7.51. The van der Waals surface area contributed by atoms with E-state index in [1.165, 1.54) is 18.2 Å². The van der Waals surface area contributed by atoms with Crippen molar-refractivity contribution in [2.75, 3.05) is 43.4 Å². The lowest BCUT2D eigenvalue weighted by molar-refractivity contribution is -0.123. The van der Waals surface area contributed by atoms with Gasteiger partial charge in [-0.05, 0) is 43.4 Å². The van der Waals surface area contributed by atoms with E-state index >= 15 is 0 Å². The maximum absolute atomic E-state index is 12.3. The smallest absolute Gasteiger partial charge is 0.240 e. The first-order valence-corrected chi connectivity index (χ1v) is 10.4. The Morgan fingerprint density at radius 2 is 2.12 bits per heavy atom. The molecule has 0 unspecified atom stereocenters. The van der Waals surface area contributed by atoms with Crippen molar-refractivity contribution < 1.29 is 9.59 Å². The molecular formula is C19H28N4O2S. The van der Waals surface area contributed by atoms with E-state index in [1.54, 1.807) is 17.2 Å². The summed E-state index contributed by atoms with van der Waals surface area (Å²) < 4.78 is 0. The molecule has 3 rings (SSSR count). The van der Waals surface area contributed by atoms with Gasteiger partial charge in [-0.3, -0.25) is 14.5 Å². The fourth-order valence-electron chi connectivity index (χ4n) is 3.92. The summed E-state index contributed by atoms with van der Waals surface area (Å²) in [7, 11) is 0. The predicted molar refractivity (Wildman–Crippen MR) is 104 cm³/mol. The monoisotopic (exact) mass is 376 g/mol. The van der Waals surface area contributed by atoms with E-state index in [-0.39, 0.29) is 18.4 Å². The molecule has 2 aliphatic heterocycles. The molecule has 6 nitrogen and oxygen atoms in total. The Morgan fingerprint density at radius 1 is 1.35 bits per heavy atom. The van der Waals surface area contributed by atoms with Crippen LogP contribution in [0.3, 0.4) is 0 Å². The quantitative estimate of drug-likeness (QED) is 0.770. The van der Waals surface area contributed by atoms with Crippen molar-refractivity contribution in [1.29, 1.82) is 0 Å². The first kappa shape index (κ1) is 19.2. The first-order valence-electron chi connectivity index (χ1n) is 9.40. The Labute approximate surface area is 159 Å². The lowest BCUT2D eigenvalue weighted by atomic mass is 9.92. The van der Waals surface area contributed by atoms with Crippen LogP contribution in [-0.2, 0) is 9.59 Å². The molecule has 0 saturated carbocycles. The Morgan fingerprint density at radius 3 is 2.88 bits per heavy atom. The van der Waals surface area contributed by atoms with Gasteiger partial charge in [-0.25, -0.2) is 4.98 Å². The van der Waals surface area contributed by atoms with Crippen molar-refractivity contribution in [3.63, 3.8) is 0 Å². The van der Waals surface area contributed by atoms with Crippen LogP contribution in [0.2, 0.25) is 0 Å². The molecule has 142 valence electrons. The van der Waals surface area contributed by atoms with E-state index in [2.05, 4.69) is 29.0 Å². The van der Waals surface area contributed by atoms with Crippen LogP contribution in [0.1, 0.15) is 26.7 Å². The number of nitrogens with one attached hydrogen (secondary N) is 1. The minimum absolute atomic E-state index is 0.0399. The number of carbonyl (C=O) groups is 2. The topological polar surface area (TPSA) is 65.5 Å². The van der Waals surface area contributed by atoms with Crippen molar-refractivity contribution in [2.45, 2.75) is 31.7 Å². The number of piperidine rings is 1. The van der Waals surface area contributed by atoms with Crippen LogP contribution in [-0.4, -0.2) is 60.2 Å². The summed E-state index contributed by atoms with van der Waals surface area (Å²) in [5.41, 5.74) is 0.736. The SMILES string of the molecule is C[C@@H]1C[C@H](C)CN(CCCNC(=O)CN2C(=O)CSc3ncccc32)C1. The van der Waals surface area contributed by atoms with Gasteiger partial charge in [0.1, 0.15) is 11.6 Å². The number of anilines is 1. The van der Waals surface area contributed by atoms with Crippen LogP contribution in [0.25, 0.3) is 0 Å². The minimum atomic E-state index is -0.111. The van der Waals surface area contributed by atoms with Gasteiger partial charge in [0.05, 0.1) is 11.4 Å². The molecule has 1 N–H and O–H groups in total. The van der Waals surface area contributed by atoms with Crippen LogP contribution in [0.15, 0.2) is 23.4 Å². The van der Waals surface area contributed by atoms with Gasteiger partial charge in [0, 0.05) is 25.8 Å². The summed E-state index contributed by atoms with van der Waals surface area (Å²) >= 11 is 1.43. The standard InChI is InChI=1S/C19H28N4O2S/c1-14-9-15(2)11-22(10-14)8-4-7-20-17(24)12-23-16-5-3-6-21-19(16)26-13-18(23)25/h3,5-6,14-15H,4,7-13H2,1-2H3,(H,20,24)/t14-,15+. The zero-order valence-electron chi connectivity index (χ0n) is 15.6. The number of amides is 2. The number of pyridine rings is 1. The highest BCUT2D eigenvalue weighted by atomic mass is 32.2. The van der Waals surface area contributed by atoms with Gasteiger partial charge in [0.15, 0.2) is 0 Å². The summed E-state index contributed by atoms with van der Waals surface area (Å²) in [6.45, 7) is 8.66. The van der Waals surface area contributed by atoms with E-state index < -0.39 is 0 Å². The van der Waals surface area contributed by atoms with Gasteiger partial charge >= 0.3 is 0 Å². The number of carbonyl (C=O) groups excluding carboxylic acids is 2. The van der Waals surface area contributed by atoms with Crippen LogP contribution < -0.4 is 10.2 Å². The molecule has 0 spiro atoms. The van der Waals surface area contributed by atoms with Gasteiger partial charge in [0.25, 0.3) is 0 Å². The number of rotatable bonds is 6. The average Bonchev–Trinajstić information content (AvgIpc) is 2.60. The summed E-state index contributed by atoms with van der Waals surface area (Å²) in [5, 5.41) is 3.77. The van der Waals surface area contributed by atoms with Gasteiger partial charge in [0.2, 0.25) is 11.8 Å². The summed E-state index contributed by atoms with van der Waals surface area (Å²) in [4.78, 5) is 32.8. The van der Waals surface area contributed by atoms with Crippen LogP contribution in [0.5, 0.6) is 0 Å². The minimum Gasteiger partial charge on any atom is -0.355 e. The van der Waals surface area contributed by atoms with Crippen molar-refractivity contribution in [3.05, 3.63) is 18.3 Å². The molecule has 0 bridgehead atoms. The Kier molecular flexibility index (Phi) is 6.53. The molecule has 2 atom stereocenters. The Balaban J connectivity index is 1.43. The molecule has 1 aromatic heterocycles. The third kappa shape index (κ3) is 4.98. The van der Waals surface area contributed by atoms with Gasteiger partial charge in [-0.1, -0.05) is 25.6 Å². The van der Waals surface area contributed by atoms with E-state index in [0.717, 1.165) is 48.6 Å². The number of nitrogens with zero attached hydrogens (tertiary/aromatic N) is 3. The summed E-state index contributed by atoms with van der Waals surface area (Å²) in [5.74, 6) is 1.69. The summed E-state index contributed by atoms with van der Waals surface area (Å²) in [6, 6.07) is 3.64. The zero-order valence-corrected chi connectivity index (χ0v) is 16.4. The van der Waals surface area contributed by atoms with E-state index in [9.17, 15) is 9.59 Å². The summed E-state index contributed by atoms with van der Waals surface area (Å²) in [6.07, 6.45) is 3.96. The molecule has 2 amide bonds. The van der Waals surface area contributed by atoms with Crippen LogP contribution in [0.4, 0.5) is 5.69 Å². The van der Waals surface area contributed by atoms with Crippen molar-refractivity contribution >= 4 is 29.3 Å². The molecule has 0 aliphatic carbocycles. The lowest BCUT2D eigenvalue weighted by Gasteiger charge is -2.35. The van der Waals surface area contributed by atoms with Crippen molar-refractivity contribution in [1.82, 2.24) is 15.2 Å². The van der Waals surface area contributed by atoms with E-state index in [1.807, 2.05) is 6.07 Å². The molecule has 1 saturated heterocycles. The van der Waals surface area contributed by atoms with Crippen molar-refractivity contribution in [3.8, 4) is 0 Å². The average molecular weight is 377 g/mol. The normalized spacial score (nSPS) is 23.6. The number of aromatic nitrogens is 1. The van der Waals surface area contributed by atoms with E-state index in [0.29, 0.717) is 12.3 Å². The predicted octanol–water partition coefficient (Wildman–Crippen LogP) is 2.00. The Hall–Kier alpha value is -1.60. The number of thioether (sulfide) groups is 1. The first-order chi connectivity index (χ1) is 12.5. The molecule has 26 heavy (non-hydrogen) atoms. The highest BCUT2D eigenvalue weighted by Crippen LogP contribution is 2.32. The lowest BCUT2D eigenvalue weighted by Crippen LogP contribution is -2.44. The largest absolute Gasteiger partial charge is 0.355 e. The second kappa shape index (κ2) is 8.86. The third-order valence-electron chi connectivity index (χ3n) is 4.89. The molecule has 7 heteroatoms. The number of fused-ring (bicyclic) bond motifs is 1. The fraction of sp³-hybridized carbons (Fsp3) is 0.632. The molecule has 0 radical (unpaired) electrons. The van der Waals surface area contributed by atoms with Gasteiger partial charge < -0.3 is 10.2 Å². The number of likely N-dealkylation sites (tertiary alicyclic amines) is 1. The van der Waals surface area contributed by atoms with Crippen molar-refractivity contribution in [2.24, 2.45) is 11.8 Å².